The summed E-state index contributed by atoms with van der Waals surface area (Å²) in [7, 11) is 0. The molecule has 2 fully saturated rings. The molecule has 0 spiro atoms. The van der Waals surface area contributed by atoms with Crippen LogP contribution in [0, 0.1) is 0 Å². The Bertz CT molecular complexity index is 728. The van der Waals surface area contributed by atoms with Crippen molar-refractivity contribution in [2.75, 3.05) is 26.3 Å². The average Bonchev–Trinajstić information content (AvgIpc) is 3.05. The van der Waals surface area contributed by atoms with E-state index in [1.807, 2.05) is 24.3 Å². The van der Waals surface area contributed by atoms with E-state index in [1.54, 1.807) is 24.5 Å². The fourth-order valence-electron chi connectivity index (χ4n) is 3.57. The maximum absolute atomic E-state index is 12.5. The van der Waals surface area contributed by atoms with Gasteiger partial charge in [0.25, 0.3) is 5.91 Å². The quantitative estimate of drug-likeness (QED) is 0.859. The summed E-state index contributed by atoms with van der Waals surface area (Å²) in [6.07, 6.45) is 3.23. The van der Waals surface area contributed by atoms with E-state index >= 15 is 0 Å². The number of rotatable bonds is 5. The third-order valence-corrected chi connectivity index (χ3v) is 4.85. The summed E-state index contributed by atoms with van der Waals surface area (Å²) >= 11 is 0. The highest BCUT2D eigenvalue weighted by Crippen LogP contribution is 2.25. The Kier molecular flexibility index (Phi) is 5.19. The van der Waals surface area contributed by atoms with Gasteiger partial charge in [0.2, 0.25) is 0 Å². The van der Waals surface area contributed by atoms with Crippen molar-refractivity contribution in [3.63, 3.8) is 0 Å². The molecular weight excluding hydrogens is 332 g/mol. The molecule has 7 heteroatoms. The maximum atomic E-state index is 12.5. The molecule has 0 saturated carbocycles. The number of nitrogens with one attached hydrogen (secondary N) is 1. The highest BCUT2D eigenvalue weighted by Gasteiger charge is 2.44. The van der Waals surface area contributed by atoms with Gasteiger partial charge in [-0.05, 0) is 24.3 Å². The van der Waals surface area contributed by atoms with Gasteiger partial charge in [-0.1, -0.05) is 12.1 Å². The van der Waals surface area contributed by atoms with E-state index in [0.717, 1.165) is 18.8 Å². The zero-order valence-corrected chi connectivity index (χ0v) is 14.5. The third kappa shape index (κ3) is 3.75. The largest absolute Gasteiger partial charge is 0.378 e. The number of carbonyl (C=O) groups is 1. The molecule has 4 heterocycles. The van der Waals surface area contributed by atoms with Crippen molar-refractivity contribution < 1.29 is 14.3 Å². The third-order valence-electron chi connectivity index (χ3n) is 4.85. The van der Waals surface area contributed by atoms with Crippen LogP contribution in [0.25, 0.3) is 0 Å². The van der Waals surface area contributed by atoms with Crippen molar-refractivity contribution in [3.05, 3.63) is 60.2 Å². The number of hydrogen-bond acceptors (Lipinski definition) is 6. The highest BCUT2D eigenvalue weighted by molar-refractivity contribution is 5.92. The van der Waals surface area contributed by atoms with Crippen molar-refractivity contribution in [2.24, 2.45) is 0 Å². The molecule has 2 saturated heterocycles. The first kappa shape index (κ1) is 17.1. The predicted octanol–water partition coefficient (Wildman–Crippen LogP) is 0.875. The lowest BCUT2D eigenvalue weighted by atomic mass is 10.1. The van der Waals surface area contributed by atoms with Crippen molar-refractivity contribution >= 4 is 5.91 Å². The standard InChI is InChI=1S/C19H22N4O3/c24-19(15-6-2-4-8-21-15)22-16-11-23-9-10-25-13-17(23)18(16)26-12-14-5-1-3-7-20-14/h1-8,16-18H,9-13H2,(H,22,24)/t16-,17+,18-/m1/s1. The Balaban J connectivity index is 1.46. The summed E-state index contributed by atoms with van der Waals surface area (Å²) < 4.78 is 11.8. The summed E-state index contributed by atoms with van der Waals surface area (Å²) in [5, 5.41) is 3.09. The van der Waals surface area contributed by atoms with Crippen LogP contribution in [0.1, 0.15) is 16.2 Å². The van der Waals surface area contributed by atoms with Gasteiger partial charge in [-0.3, -0.25) is 19.7 Å². The Labute approximate surface area is 152 Å². The molecule has 2 aliphatic heterocycles. The van der Waals surface area contributed by atoms with Crippen molar-refractivity contribution in [2.45, 2.75) is 24.8 Å². The van der Waals surface area contributed by atoms with Crippen molar-refractivity contribution in [1.29, 1.82) is 0 Å². The van der Waals surface area contributed by atoms with Gasteiger partial charge in [-0.25, -0.2) is 0 Å². The fourth-order valence-corrected chi connectivity index (χ4v) is 3.57. The molecule has 2 aromatic rings. The molecule has 26 heavy (non-hydrogen) atoms. The van der Waals surface area contributed by atoms with E-state index in [1.165, 1.54) is 0 Å². The molecule has 2 aromatic heterocycles. The Morgan fingerprint density at radius 2 is 2.08 bits per heavy atom. The predicted molar refractivity (Wildman–Crippen MR) is 94.5 cm³/mol. The minimum Gasteiger partial charge on any atom is -0.378 e. The number of aromatic nitrogens is 2. The van der Waals surface area contributed by atoms with Crippen LogP contribution in [0.5, 0.6) is 0 Å². The highest BCUT2D eigenvalue weighted by atomic mass is 16.5. The monoisotopic (exact) mass is 354 g/mol. The number of nitrogens with zero attached hydrogens (tertiary/aromatic N) is 3. The molecule has 4 rings (SSSR count). The second-order valence-electron chi connectivity index (χ2n) is 6.53. The van der Waals surface area contributed by atoms with Gasteiger partial charge in [-0.15, -0.1) is 0 Å². The maximum Gasteiger partial charge on any atom is 0.270 e. The Hall–Kier alpha value is -2.35. The number of fused-ring (bicyclic) bond motifs is 1. The van der Waals surface area contributed by atoms with Crippen LogP contribution in [0.3, 0.4) is 0 Å². The summed E-state index contributed by atoms with van der Waals surface area (Å²) in [5.41, 5.74) is 1.29. The second kappa shape index (κ2) is 7.90. The zero-order valence-electron chi connectivity index (χ0n) is 14.5. The topological polar surface area (TPSA) is 76.6 Å². The molecule has 1 N–H and O–H groups in total. The van der Waals surface area contributed by atoms with E-state index in [0.29, 0.717) is 25.5 Å². The zero-order chi connectivity index (χ0) is 17.8. The van der Waals surface area contributed by atoms with E-state index in [9.17, 15) is 4.79 Å². The van der Waals surface area contributed by atoms with E-state index < -0.39 is 0 Å². The SMILES string of the molecule is O=C(N[C@@H]1CN2CCOC[C@H]2[C@@H]1OCc1ccccn1)c1ccccn1. The van der Waals surface area contributed by atoms with Gasteiger partial charge in [0, 0.05) is 25.5 Å². The number of morpholine rings is 1. The number of carbonyl (C=O) groups excluding carboxylic acids is 1. The molecule has 0 aromatic carbocycles. The van der Waals surface area contributed by atoms with Crippen molar-refractivity contribution in [1.82, 2.24) is 20.2 Å². The lowest BCUT2D eigenvalue weighted by Gasteiger charge is -2.32. The van der Waals surface area contributed by atoms with E-state index in [2.05, 4.69) is 20.2 Å². The summed E-state index contributed by atoms with van der Waals surface area (Å²) in [5.74, 6) is -0.178. The van der Waals surface area contributed by atoms with Crippen LogP contribution in [0.4, 0.5) is 0 Å². The summed E-state index contributed by atoms with van der Waals surface area (Å²) in [6, 6.07) is 11.1. The molecule has 1 amide bonds. The van der Waals surface area contributed by atoms with Crippen LogP contribution in [0.2, 0.25) is 0 Å². The van der Waals surface area contributed by atoms with Crippen LogP contribution >= 0.6 is 0 Å². The van der Waals surface area contributed by atoms with E-state index in [-0.39, 0.29) is 24.1 Å². The first-order valence-electron chi connectivity index (χ1n) is 8.86. The lowest BCUT2D eigenvalue weighted by molar-refractivity contribution is -0.0537. The molecule has 136 valence electrons. The van der Waals surface area contributed by atoms with Crippen molar-refractivity contribution in [3.8, 4) is 0 Å². The van der Waals surface area contributed by atoms with Crippen LogP contribution in [-0.4, -0.2) is 65.3 Å². The average molecular weight is 354 g/mol. The van der Waals surface area contributed by atoms with Gasteiger partial charge in [0.05, 0.1) is 43.7 Å². The lowest BCUT2D eigenvalue weighted by Crippen LogP contribution is -2.48. The molecule has 0 aliphatic carbocycles. The number of hydrogen-bond donors (Lipinski definition) is 1. The van der Waals surface area contributed by atoms with Crippen LogP contribution < -0.4 is 5.32 Å². The van der Waals surface area contributed by atoms with Gasteiger partial charge in [0.1, 0.15) is 5.69 Å². The fraction of sp³-hybridized carbons (Fsp3) is 0.421. The molecular formula is C19H22N4O3. The number of pyridine rings is 2. The first-order valence-corrected chi connectivity index (χ1v) is 8.86. The Morgan fingerprint density at radius 3 is 2.85 bits per heavy atom. The van der Waals surface area contributed by atoms with Gasteiger partial charge in [0.15, 0.2) is 0 Å². The second-order valence-corrected chi connectivity index (χ2v) is 6.53. The van der Waals surface area contributed by atoms with E-state index in [4.69, 9.17) is 9.47 Å². The number of amides is 1. The molecule has 2 aliphatic rings. The van der Waals surface area contributed by atoms with Gasteiger partial charge >= 0.3 is 0 Å². The van der Waals surface area contributed by atoms with Gasteiger partial charge < -0.3 is 14.8 Å². The molecule has 7 nitrogen and oxygen atoms in total. The number of ether oxygens (including phenoxy) is 2. The van der Waals surface area contributed by atoms with Gasteiger partial charge in [-0.2, -0.15) is 0 Å². The normalized spacial score (nSPS) is 25.6. The summed E-state index contributed by atoms with van der Waals surface area (Å²) in [6.45, 7) is 3.34. The molecule has 3 atom stereocenters. The summed E-state index contributed by atoms with van der Waals surface area (Å²) in [4.78, 5) is 23.3. The molecule has 0 bridgehead atoms. The van der Waals surface area contributed by atoms with Crippen LogP contribution in [-0.2, 0) is 16.1 Å². The first-order chi connectivity index (χ1) is 12.8. The van der Waals surface area contributed by atoms with Crippen LogP contribution in [0.15, 0.2) is 48.8 Å². The minimum atomic E-state index is -0.178. The Morgan fingerprint density at radius 1 is 1.23 bits per heavy atom. The minimum absolute atomic E-state index is 0.111. The molecule has 0 radical (unpaired) electrons. The molecule has 0 unspecified atom stereocenters. The smallest absolute Gasteiger partial charge is 0.270 e.